The van der Waals surface area contributed by atoms with Gasteiger partial charge in [0.25, 0.3) is 0 Å². The van der Waals surface area contributed by atoms with Gasteiger partial charge in [-0.05, 0) is 19.1 Å². The molecule has 0 radical (unpaired) electrons. The molecule has 0 aliphatic carbocycles. The number of hydrogen-bond donors (Lipinski definition) is 0. The maximum absolute atomic E-state index is 11.2. The van der Waals surface area contributed by atoms with Gasteiger partial charge in [-0.15, -0.1) is 0 Å². The summed E-state index contributed by atoms with van der Waals surface area (Å²) in [7, 11) is 0. The van der Waals surface area contributed by atoms with Crippen molar-refractivity contribution in [3.8, 4) is 0 Å². The highest BCUT2D eigenvalue weighted by molar-refractivity contribution is 6.32. The molecule has 0 spiro atoms. The molecule has 0 N–H and O–H groups in total. The molecule has 1 aromatic carbocycles. The van der Waals surface area contributed by atoms with Crippen molar-refractivity contribution < 1.29 is 14.4 Å². The second-order valence-corrected chi connectivity index (χ2v) is 3.57. The topological polar surface area (TPSA) is 48.3 Å². The van der Waals surface area contributed by atoms with E-state index in [1.807, 2.05) is 37.3 Å². The zero-order valence-electron chi connectivity index (χ0n) is 9.06. The fourth-order valence-corrected chi connectivity index (χ4v) is 1.54. The monoisotopic (exact) mass is 217 g/mol. The van der Waals surface area contributed by atoms with Gasteiger partial charge < -0.3 is 4.84 Å². The number of ketones is 1. The van der Waals surface area contributed by atoms with Crippen LogP contribution in [0.5, 0.6) is 0 Å². The van der Waals surface area contributed by atoms with Crippen molar-refractivity contribution in [2.75, 3.05) is 0 Å². The summed E-state index contributed by atoms with van der Waals surface area (Å²) < 4.78 is 1.37. The lowest BCUT2D eigenvalue weighted by molar-refractivity contribution is -0.153. The summed E-state index contributed by atoms with van der Waals surface area (Å²) >= 11 is 0. The first-order valence-electron chi connectivity index (χ1n) is 4.90. The maximum Gasteiger partial charge on any atom is 0.398 e. The van der Waals surface area contributed by atoms with Crippen LogP contribution in [0.4, 0.5) is 0 Å². The minimum atomic E-state index is -0.857. The van der Waals surface area contributed by atoms with E-state index in [9.17, 15) is 9.59 Å². The summed E-state index contributed by atoms with van der Waals surface area (Å²) in [6.07, 6.45) is 0. The van der Waals surface area contributed by atoms with Crippen LogP contribution in [0.3, 0.4) is 0 Å². The van der Waals surface area contributed by atoms with Gasteiger partial charge in [0.05, 0.1) is 11.2 Å². The normalized spacial score (nSPS) is 10.4. The number of para-hydroxylation sites is 1. The number of Topliss-reactive ketones (excluding diaryl/α,β-unsaturated/α-hetero) is 1. The third-order valence-electron chi connectivity index (χ3n) is 2.30. The molecule has 0 amide bonds. The molecule has 2 rings (SSSR count). The van der Waals surface area contributed by atoms with Gasteiger partial charge in [-0.25, -0.2) is 4.79 Å². The molecule has 0 fully saturated rings. The average molecular weight is 217 g/mol. The third kappa shape index (κ3) is 1.69. The first-order valence-corrected chi connectivity index (χ1v) is 4.90. The number of fused-ring (bicyclic) bond motifs is 1. The number of hydrogen-bond acceptors (Lipinski definition) is 3. The van der Waals surface area contributed by atoms with Crippen LogP contribution in [-0.2, 0) is 9.59 Å². The molecule has 0 aliphatic heterocycles. The smallest absolute Gasteiger partial charge is 0.328 e. The largest absolute Gasteiger partial charge is 0.398 e. The van der Waals surface area contributed by atoms with Gasteiger partial charge in [0, 0.05) is 12.3 Å². The zero-order chi connectivity index (χ0) is 11.7. The molecule has 0 aliphatic rings. The Hall–Kier alpha value is -2.10. The molecule has 1 heterocycles. The molecule has 0 saturated carbocycles. The van der Waals surface area contributed by atoms with Crippen molar-refractivity contribution in [3.05, 3.63) is 36.0 Å². The molecule has 4 nitrogen and oxygen atoms in total. The van der Waals surface area contributed by atoms with Crippen LogP contribution in [0.15, 0.2) is 30.3 Å². The van der Waals surface area contributed by atoms with E-state index in [0.29, 0.717) is 0 Å². The number of aromatic nitrogens is 1. The Kier molecular flexibility index (Phi) is 2.48. The van der Waals surface area contributed by atoms with Crippen LogP contribution < -0.4 is 4.84 Å². The van der Waals surface area contributed by atoms with Crippen LogP contribution in [0.2, 0.25) is 0 Å². The van der Waals surface area contributed by atoms with Crippen molar-refractivity contribution in [1.82, 2.24) is 4.73 Å². The van der Waals surface area contributed by atoms with E-state index in [-0.39, 0.29) is 0 Å². The Labute approximate surface area is 92.4 Å². The van der Waals surface area contributed by atoms with E-state index in [1.54, 1.807) is 0 Å². The number of benzene rings is 1. The highest BCUT2D eigenvalue weighted by Crippen LogP contribution is 2.17. The summed E-state index contributed by atoms with van der Waals surface area (Å²) in [4.78, 5) is 27.0. The molecule has 0 bridgehead atoms. The zero-order valence-corrected chi connectivity index (χ0v) is 9.06. The van der Waals surface area contributed by atoms with Gasteiger partial charge in [0.15, 0.2) is 0 Å². The second kappa shape index (κ2) is 3.81. The van der Waals surface area contributed by atoms with Gasteiger partial charge in [-0.2, -0.15) is 4.73 Å². The molecule has 4 heteroatoms. The molecular weight excluding hydrogens is 206 g/mol. The van der Waals surface area contributed by atoms with Crippen LogP contribution in [0.1, 0.15) is 12.6 Å². The summed E-state index contributed by atoms with van der Waals surface area (Å²) in [5.41, 5.74) is 1.55. The van der Waals surface area contributed by atoms with Gasteiger partial charge in [-0.3, -0.25) is 4.79 Å². The number of rotatable bonds is 2. The predicted molar refractivity (Wildman–Crippen MR) is 58.9 cm³/mol. The molecular formula is C12H11NO3. The van der Waals surface area contributed by atoms with E-state index in [1.165, 1.54) is 11.7 Å². The molecule has 82 valence electrons. The van der Waals surface area contributed by atoms with Gasteiger partial charge >= 0.3 is 5.97 Å². The lowest BCUT2D eigenvalue weighted by Crippen LogP contribution is -2.25. The van der Waals surface area contributed by atoms with Crippen molar-refractivity contribution in [2.45, 2.75) is 13.8 Å². The molecule has 0 unspecified atom stereocenters. The lowest BCUT2D eigenvalue weighted by Gasteiger charge is -2.06. The molecule has 16 heavy (non-hydrogen) atoms. The van der Waals surface area contributed by atoms with E-state index in [4.69, 9.17) is 4.84 Å². The number of nitrogens with zero attached hydrogens (tertiary/aromatic N) is 1. The Balaban J connectivity index is 2.47. The van der Waals surface area contributed by atoms with Crippen molar-refractivity contribution in [2.24, 2.45) is 0 Å². The first kappa shape index (κ1) is 10.4. The minimum absolute atomic E-state index is 0.614. The van der Waals surface area contributed by atoms with Crippen molar-refractivity contribution >= 4 is 22.7 Å². The summed E-state index contributed by atoms with van der Waals surface area (Å²) in [5.74, 6) is -1.47. The van der Waals surface area contributed by atoms with E-state index in [2.05, 4.69) is 0 Å². The van der Waals surface area contributed by atoms with Crippen LogP contribution in [0, 0.1) is 6.92 Å². The highest BCUT2D eigenvalue weighted by Gasteiger charge is 2.14. The summed E-state index contributed by atoms with van der Waals surface area (Å²) in [6.45, 7) is 3.00. The van der Waals surface area contributed by atoms with E-state index < -0.39 is 11.8 Å². The van der Waals surface area contributed by atoms with Crippen molar-refractivity contribution in [1.29, 1.82) is 0 Å². The van der Waals surface area contributed by atoms with Gasteiger partial charge in [0.2, 0.25) is 5.78 Å². The Bertz CT molecular complexity index is 569. The highest BCUT2D eigenvalue weighted by atomic mass is 16.7. The molecule has 1 aromatic heterocycles. The fourth-order valence-electron chi connectivity index (χ4n) is 1.54. The molecule has 2 aromatic rings. The van der Waals surface area contributed by atoms with Gasteiger partial charge in [0.1, 0.15) is 0 Å². The van der Waals surface area contributed by atoms with Crippen LogP contribution >= 0.6 is 0 Å². The third-order valence-corrected chi connectivity index (χ3v) is 2.30. The van der Waals surface area contributed by atoms with Gasteiger partial charge in [-0.1, -0.05) is 18.2 Å². The quantitative estimate of drug-likeness (QED) is 0.716. The minimum Gasteiger partial charge on any atom is -0.328 e. The average Bonchev–Trinajstić information content (AvgIpc) is 2.55. The first-order chi connectivity index (χ1) is 7.59. The predicted octanol–water partition coefficient (Wildman–Crippen LogP) is 1.49. The van der Waals surface area contributed by atoms with E-state index in [0.717, 1.165) is 16.6 Å². The lowest BCUT2D eigenvalue weighted by atomic mass is 10.2. The Morgan fingerprint density at radius 2 is 1.94 bits per heavy atom. The summed E-state index contributed by atoms with van der Waals surface area (Å²) in [5, 5.41) is 0.969. The second-order valence-electron chi connectivity index (χ2n) is 3.57. The number of aryl methyl sites for hydroxylation is 1. The summed E-state index contributed by atoms with van der Waals surface area (Å²) in [6, 6.07) is 9.39. The van der Waals surface area contributed by atoms with Crippen molar-refractivity contribution in [3.63, 3.8) is 0 Å². The SMILES string of the molecule is CC(=O)C(=O)On1c(C)cc2ccccc21. The Morgan fingerprint density at radius 1 is 1.25 bits per heavy atom. The molecule has 0 saturated heterocycles. The fraction of sp³-hybridized carbons (Fsp3) is 0.167. The van der Waals surface area contributed by atoms with Crippen LogP contribution in [0.25, 0.3) is 10.9 Å². The Morgan fingerprint density at radius 3 is 2.62 bits per heavy atom. The van der Waals surface area contributed by atoms with Crippen LogP contribution in [-0.4, -0.2) is 16.5 Å². The van der Waals surface area contributed by atoms with E-state index >= 15 is 0 Å². The molecule has 0 atom stereocenters. The number of carbonyl (C=O) groups excluding carboxylic acids is 2. The standard InChI is InChI=1S/C12H11NO3/c1-8-7-10-5-3-4-6-11(10)13(8)16-12(15)9(2)14/h3-7H,1-2H3. The number of carbonyl (C=O) groups is 2. The maximum atomic E-state index is 11.2.